The van der Waals surface area contributed by atoms with Crippen molar-refractivity contribution in [1.29, 1.82) is 0 Å². The molecule has 0 saturated heterocycles. The zero-order valence-corrected chi connectivity index (χ0v) is 10.0. The van der Waals surface area contributed by atoms with Gasteiger partial charge in [-0.25, -0.2) is 0 Å². The van der Waals surface area contributed by atoms with Crippen LogP contribution in [0.4, 0.5) is 11.4 Å². The molecule has 96 valence electrons. The lowest BCUT2D eigenvalue weighted by atomic mass is 10.3. The molecular formula is C12H14N2O4. The summed E-state index contributed by atoms with van der Waals surface area (Å²) >= 11 is 0. The molecule has 18 heavy (non-hydrogen) atoms. The topological polar surface area (TPSA) is 81.5 Å². The number of anilines is 1. The molecule has 0 amide bonds. The number of nitrogens with zero attached hydrogens (tertiary/aromatic N) is 1. The van der Waals surface area contributed by atoms with E-state index in [9.17, 15) is 14.9 Å². The van der Waals surface area contributed by atoms with Crippen molar-refractivity contribution in [3.8, 4) is 0 Å². The molecule has 0 aromatic heterocycles. The van der Waals surface area contributed by atoms with E-state index in [2.05, 4.69) is 11.9 Å². The maximum atomic E-state index is 10.7. The average Bonchev–Trinajstić information content (AvgIpc) is 2.29. The van der Waals surface area contributed by atoms with Gasteiger partial charge < -0.3 is 10.1 Å². The van der Waals surface area contributed by atoms with Gasteiger partial charge in [-0.2, -0.15) is 0 Å². The van der Waals surface area contributed by atoms with Crippen LogP contribution in [0, 0.1) is 10.1 Å². The lowest BCUT2D eigenvalue weighted by molar-refractivity contribution is -0.384. The van der Waals surface area contributed by atoms with Gasteiger partial charge >= 0.3 is 0 Å². The third-order valence-corrected chi connectivity index (χ3v) is 2.09. The van der Waals surface area contributed by atoms with Gasteiger partial charge in [0, 0.05) is 24.2 Å². The van der Waals surface area contributed by atoms with E-state index in [0.29, 0.717) is 18.0 Å². The number of hydrogen-bond acceptors (Lipinski definition) is 5. The normalized spacial score (nSPS) is 9.61. The van der Waals surface area contributed by atoms with Gasteiger partial charge in [0.1, 0.15) is 5.78 Å². The fourth-order valence-electron chi connectivity index (χ4n) is 1.18. The van der Waals surface area contributed by atoms with E-state index in [4.69, 9.17) is 4.74 Å². The molecule has 1 aromatic carbocycles. The average molecular weight is 250 g/mol. The Morgan fingerprint density at radius 2 is 2.06 bits per heavy atom. The number of nitro benzene ring substituents is 1. The lowest BCUT2D eigenvalue weighted by Gasteiger charge is -2.10. The third-order valence-electron chi connectivity index (χ3n) is 2.09. The summed E-state index contributed by atoms with van der Waals surface area (Å²) in [4.78, 5) is 20.7. The van der Waals surface area contributed by atoms with E-state index >= 15 is 0 Å². The summed E-state index contributed by atoms with van der Waals surface area (Å²) in [5.74, 6) is 0.336. The summed E-state index contributed by atoms with van der Waals surface area (Å²) in [6.45, 7) is 5.37. The lowest BCUT2D eigenvalue weighted by Crippen LogP contribution is -2.06. The fourth-order valence-corrected chi connectivity index (χ4v) is 1.18. The summed E-state index contributed by atoms with van der Waals surface area (Å²) in [6, 6.07) is 5.87. The van der Waals surface area contributed by atoms with Crippen LogP contribution in [-0.4, -0.2) is 17.3 Å². The first-order valence-corrected chi connectivity index (χ1v) is 5.31. The number of ether oxygens (including phenoxy) is 1. The molecule has 1 rings (SSSR count). The molecule has 6 nitrogen and oxygen atoms in total. The molecule has 1 N–H and O–H groups in total. The summed E-state index contributed by atoms with van der Waals surface area (Å²) in [5.41, 5.74) is 0.650. The molecule has 0 saturated carbocycles. The van der Waals surface area contributed by atoms with Gasteiger partial charge in [0.05, 0.1) is 11.5 Å². The SMILES string of the molecule is C=C(Nc1ccc([N+](=O)[O-])cc1)OCCC(C)=O. The van der Waals surface area contributed by atoms with Crippen molar-refractivity contribution in [2.75, 3.05) is 11.9 Å². The molecule has 0 radical (unpaired) electrons. The van der Waals surface area contributed by atoms with Gasteiger partial charge in [-0.15, -0.1) is 0 Å². The number of carbonyl (C=O) groups is 1. The standard InChI is InChI=1S/C12H14N2O4/c1-9(15)7-8-18-10(2)13-11-3-5-12(6-4-11)14(16)17/h3-6,13H,2,7-8H2,1H3. The van der Waals surface area contributed by atoms with Crippen molar-refractivity contribution in [3.63, 3.8) is 0 Å². The Balaban J connectivity index is 2.44. The minimum absolute atomic E-state index is 0.0173. The van der Waals surface area contributed by atoms with Gasteiger partial charge in [-0.3, -0.25) is 14.9 Å². The Kier molecular flexibility index (Phi) is 4.86. The van der Waals surface area contributed by atoms with E-state index in [1.54, 1.807) is 12.1 Å². The number of non-ortho nitro benzene ring substituents is 1. The number of nitrogens with one attached hydrogen (secondary N) is 1. The zero-order valence-electron chi connectivity index (χ0n) is 10.0. The molecule has 0 aliphatic rings. The first kappa shape index (κ1) is 13.7. The summed E-state index contributed by atoms with van der Waals surface area (Å²) < 4.78 is 5.17. The van der Waals surface area contributed by atoms with E-state index in [-0.39, 0.29) is 18.1 Å². The minimum Gasteiger partial charge on any atom is -0.479 e. The molecule has 0 aliphatic heterocycles. The molecule has 0 spiro atoms. The van der Waals surface area contributed by atoms with Gasteiger partial charge in [-0.1, -0.05) is 0 Å². The Labute approximate surface area is 104 Å². The molecule has 0 aliphatic carbocycles. The van der Waals surface area contributed by atoms with Gasteiger partial charge in [0.25, 0.3) is 5.69 Å². The summed E-state index contributed by atoms with van der Waals surface area (Å²) in [5, 5.41) is 13.3. The largest absolute Gasteiger partial charge is 0.479 e. The van der Waals surface area contributed by atoms with Crippen LogP contribution in [0.1, 0.15) is 13.3 Å². The van der Waals surface area contributed by atoms with Gasteiger partial charge in [-0.05, 0) is 25.6 Å². The highest BCUT2D eigenvalue weighted by Gasteiger charge is 2.04. The highest BCUT2D eigenvalue weighted by Crippen LogP contribution is 2.16. The number of nitro groups is 1. The smallest absolute Gasteiger partial charge is 0.269 e. The first-order valence-electron chi connectivity index (χ1n) is 5.31. The van der Waals surface area contributed by atoms with Crippen molar-refractivity contribution >= 4 is 17.2 Å². The van der Waals surface area contributed by atoms with Crippen LogP contribution in [-0.2, 0) is 9.53 Å². The molecule has 0 bridgehead atoms. The zero-order chi connectivity index (χ0) is 13.5. The van der Waals surface area contributed by atoms with Crippen LogP contribution in [0.15, 0.2) is 36.7 Å². The maximum Gasteiger partial charge on any atom is 0.269 e. The molecule has 0 fully saturated rings. The van der Waals surface area contributed by atoms with E-state index in [1.807, 2.05) is 0 Å². The molecule has 0 unspecified atom stereocenters. The van der Waals surface area contributed by atoms with E-state index in [1.165, 1.54) is 19.1 Å². The molecule has 1 aromatic rings. The van der Waals surface area contributed by atoms with E-state index in [0.717, 1.165) is 0 Å². The highest BCUT2D eigenvalue weighted by molar-refractivity contribution is 5.75. The third kappa shape index (κ3) is 4.65. The molecule has 0 atom stereocenters. The Hall–Kier alpha value is -2.37. The van der Waals surface area contributed by atoms with Crippen molar-refractivity contribution in [3.05, 3.63) is 46.8 Å². The summed E-state index contributed by atoms with van der Waals surface area (Å²) in [7, 11) is 0. The number of benzene rings is 1. The second kappa shape index (κ2) is 6.39. The second-order valence-electron chi connectivity index (χ2n) is 3.65. The summed E-state index contributed by atoms with van der Waals surface area (Å²) in [6.07, 6.45) is 0.320. The molecule has 0 heterocycles. The van der Waals surface area contributed by atoms with Crippen LogP contribution in [0.2, 0.25) is 0 Å². The molecular weight excluding hydrogens is 236 g/mol. The number of Topliss-reactive ketones (excluding diaryl/α,β-unsaturated/α-hetero) is 1. The first-order chi connectivity index (χ1) is 8.49. The van der Waals surface area contributed by atoms with E-state index < -0.39 is 4.92 Å². The Bertz CT molecular complexity index is 454. The van der Waals surface area contributed by atoms with Crippen molar-refractivity contribution in [2.45, 2.75) is 13.3 Å². The van der Waals surface area contributed by atoms with Gasteiger partial charge in [0.15, 0.2) is 5.88 Å². The second-order valence-corrected chi connectivity index (χ2v) is 3.65. The number of carbonyl (C=O) groups excluding carboxylic acids is 1. The van der Waals surface area contributed by atoms with Gasteiger partial charge in [0.2, 0.25) is 0 Å². The van der Waals surface area contributed by atoms with Crippen molar-refractivity contribution in [2.24, 2.45) is 0 Å². The maximum absolute atomic E-state index is 10.7. The number of hydrogen-bond donors (Lipinski definition) is 1. The predicted molar refractivity (Wildman–Crippen MR) is 67.1 cm³/mol. The van der Waals surface area contributed by atoms with Crippen LogP contribution in [0.25, 0.3) is 0 Å². The monoisotopic (exact) mass is 250 g/mol. The minimum atomic E-state index is -0.470. The van der Waals surface area contributed by atoms with Crippen LogP contribution in [0.3, 0.4) is 0 Å². The Morgan fingerprint density at radius 1 is 1.44 bits per heavy atom. The van der Waals surface area contributed by atoms with Crippen LogP contribution < -0.4 is 5.32 Å². The Morgan fingerprint density at radius 3 is 2.56 bits per heavy atom. The van der Waals surface area contributed by atoms with Crippen molar-refractivity contribution in [1.82, 2.24) is 0 Å². The van der Waals surface area contributed by atoms with Crippen molar-refractivity contribution < 1.29 is 14.5 Å². The van der Waals surface area contributed by atoms with Crippen LogP contribution in [0.5, 0.6) is 0 Å². The fraction of sp³-hybridized carbons (Fsp3) is 0.250. The highest BCUT2D eigenvalue weighted by atomic mass is 16.6. The van der Waals surface area contributed by atoms with Crippen LogP contribution >= 0.6 is 0 Å². The number of ketones is 1. The predicted octanol–water partition coefficient (Wildman–Crippen LogP) is 2.47. The quantitative estimate of drug-likeness (QED) is 0.456. The molecule has 6 heteroatoms. The number of rotatable bonds is 7.